The van der Waals surface area contributed by atoms with Gasteiger partial charge < -0.3 is 15.3 Å². The van der Waals surface area contributed by atoms with E-state index >= 15 is 0 Å². The molecule has 0 heterocycles. The van der Waals surface area contributed by atoms with Crippen molar-refractivity contribution in [1.29, 1.82) is 0 Å². The van der Waals surface area contributed by atoms with Crippen LogP contribution in [0, 0.1) is 0 Å². The van der Waals surface area contributed by atoms with Crippen molar-refractivity contribution in [3.8, 4) is 11.5 Å². The number of aliphatic hydroxyl groups excluding tert-OH is 1. The molecule has 14 heavy (non-hydrogen) atoms. The average molecular weight is 190 g/mol. The number of aromatic hydroxyl groups is 2. The predicted molar refractivity (Wildman–Crippen MR) is 53.2 cm³/mol. The second kappa shape index (κ2) is 3.20. The summed E-state index contributed by atoms with van der Waals surface area (Å²) < 4.78 is 0. The first-order valence-corrected chi connectivity index (χ1v) is 4.27. The number of fused-ring (bicyclic) bond motifs is 1. The molecule has 0 radical (unpaired) electrons. The average Bonchev–Trinajstić information content (AvgIpc) is 2.23. The lowest BCUT2D eigenvalue weighted by Crippen LogP contribution is -1.83. The predicted octanol–water partition coefficient (Wildman–Crippen LogP) is 1.74. The molecular weight excluding hydrogens is 180 g/mol. The van der Waals surface area contributed by atoms with Crippen LogP contribution >= 0.6 is 0 Å². The monoisotopic (exact) mass is 190 g/mol. The molecule has 3 nitrogen and oxygen atoms in total. The Kier molecular flexibility index (Phi) is 2.02. The molecule has 0 aliphatic carbocycles. The zero-order chi connectivity index (χ0) is 10.1. The molecule has 0 amide bonds. The van der Waals surface area contributed by atoms with Gasteiger partial charge in [-0.3, -0.25) is 0 Å². The van der Waals surface area contributed by atoms with Gasteiger partial charge in [0.2, 0.25) is 0 Å². The molecule has 0 saturated carbocycles. The number of phenols is 2. The minimum atomic E-state index is -0.146. The van der Waals surface area contributed by atoms with E-state index in [0.717, 1.165) is 5.39 Å². The van der Waals surface area contributed by atoms with Crippen LogP contribution in [0.15, 0.2) is 30.3 Å². The molecule has 2 aromatic rings. The number of benzene rings is 2. The lowest BCUT2D eigenvalue weighted by Gasteiger charge is -2.04. The molecule has 72 valence electrons. The summed E-state index contributed by atoms with van der Waals surface area (Å²) in [5, 5.41) is 29.1. The summed E-state index contributed by atoms with van der Waals surface area (Å²) in [7, 11) is 0. The highest BCUT2D eigenvalue weighted by atomic mass is 16.3. The normalized spacial score (nSPS) is 10.6. The molecule has 0 aromatic heterocycles. The van der Waals surface area contributed by atoms with Crippen LogP contribution in [0.25, 0.3) is 10.8 Å². The second-order valence-electron chi connectivity index (χ2n) is 3.15. The van der Waals surface area contributed by atoms with Gasteiger partial charge >= 0.3 is 0 Å². The first-order chi connectivity index (χ1) is 6.72. The third-order valence-electron chi connectivity index (χ3n) is 2.22. The van der Waals surface area contributed by atoms with Crippen LogP contribution in [0.2, 0.25) is 0 Å². The summed E-state index contributed by atoms with van der Waals surface area (Å²) in [5.41, 5.74) is 0.707. The maximum atomic E-state index is 9.55. The van der Waals surface area contributed by atoms with Gasteiger partial charge in [-0.05, 0) is 23.1 Å². The van der Waals surface area contributed by atoms with Gasteiger partial charge in [0.05, 0.1) is 6.61 Å². The number of aliphatic hydroxyl groups is 1. The van der Waals surface area contributed by atoms with E-state index in [0.29, 0.717) is 10.9 Å². The van der Waals surface area contributed by atoms with Gasteiger partial charge in [-0.15, -0.1) is 0 Å². The van der Waals surface area contributed by atoms with Crippen LogP contribution in [0.1, 0.15) is 5.56 Å². The standard InChI is InChI=1S/C11H10O3/c12-6-7-1-2-8-3-4-10(13)11(14)9(8)5-7/h1-5,12-14H,6H2. The van der Waals surface area contributed by atoms with Crippen molar-refractivity contribution in [3.05, 3.63) is 35.9 Å². The van der Waals surface area contributed by atoms with Crippen LogP contribution in [-0.4, -0.2) is 15.3 Å². The van der Waals surface area contributed by atoms with Crippen LogP contribution in [0.3, 0.4) is 0 Å². The molecule has 0 saturated heterocycles. The van der Waals surface area contributed by atoms with Crippen molar-refractivity contribution in [2.45, 2.75) is 6.61 Å². The maximum Gasteiger partial charge on any atom is 0.165 e. The minimum Gasteiger partial charge on any atom is -0.504 e. The molecule has 0 atom stereocenters. The summed E-state index contributed by atoms with van der Waals surface area (Å²) in [6.07, 6.45) is 0. The lowest BCUT2D eigenvalue weighted by atomic mass is 10.1. The van der Waals surface area contributed by atoms with E-state index in [1.165, 1.54) is 6.07 Å². The fourth-order valence-corrected chi connectivity index (χ4v) is 1.44. The Balaban J connectivity index is 2.78. The highest BCUT2D eigenvalue weighted by Crippen LogP contribution is 2.33. The third kappa shape index (κ3) is 1.28. The molecule has 2 rings (SSSR count). The summed E-state index contributed by atoms with van der Waals surface area (Å²) in [6, 6.07) is 8.38. The fourth-order valence-electron chi connectivity index (χ4n) is 1.44. The van der Waals surface area contributed by atoms with Gasteiger partial charge in [0.15, 0.2) is 11.5 Å². The zero-order valence-corrected chi connectivity index (χ0v) is 7.44. The highest BCUT2D eigenvalue weighted by Gasteiger charge is 2.05. The molecule has 0 spiro atoms. The van der Waals surface area contributed by atoms with Gasteiger partial charge in [0.25, 0.3) is 0 Å². The van der Waals surface area contributed by atoms with Gasteiger partial charge in [0, 0.05) is 5.39 Å². The van der Waals surface area contributed by atoms with Crippen LogP contribution in [0.4, 0.5) is 0 Å². The minimum absolute atomic E-state index is 0.0783. The fraction of sp³-hybridized carbons (Fsp3) is 0.0909. The first kappa shape index (κ1) is 8.84. The van der Waals surface area contributed by atoms with E-state index in [1.807, 2.05) is 0 Å². The number of hydrogen-bond acceptors (Lipinski definition) is 3. The van der Waals surface area contributed by atoms with E-state index in [4.69, 9.17) is 5.11 Å². The third-order valence-corrected chi connectivity index (χ3v) is 2.22. The Morgan fingerprint density at radius 2 is 1.71 bits per heavy atom. The molecular formula is C11H10O3. The number of phenolic OH excluding ortho intramolecular Hbond substituents is 2. The molecule has 0 aliphatic rings. The molecule has 0 aliphatic heterocycles. The van der Waals surface area contributed by atoms with Gasteiger partial charge in [-0.1, -0.05) is 18.2 Å². The molecule has 0 unspecified atom stereocenters. The maximum absolute atomic E-state index is 9.55. The molecule has 3 heteroatoms. The summed E-state index contributed by atoms with van der Waals surface area (Å²) in [4.78, 5) is 0. The summed E-state index contributed by atoms with van der Waals surface area (Å²) in [5.74, 6) is -0.287. The second-order valence-corrected chi connectivity index (χ2v) is 3.15. The SMILES string of the molecule is OCc1ccc2ccc(O)c(O)c2c1. The lowest BCUT2D eigenvalue weighted by molar-refractivity contribution is 0.282. The van der Waals surface area contributed by atoms with E-state index in [9.17, 15) is 10.2 Å². The molecule has 0 fully saturated rings. The molecule has 3 N–H and O–H groups in total. The van der Waals surface area contributed by atoms with Crippen LogP contribution in [-0.2, 0) is 6.61 Å². The Bertz CT molecular complexity index is 477. The quantitative estimate of drug-likeness (QED) is 0.600. The first-order valence-electron chi connectivity index (χ1n) is 4.27. The van der Waals surface area contributed by atoms with Crippen molar-refractivity contribution in [3.63, 3.8) is 0 Å². The molecule has 0 bridgehead atoms. The largest absolute Gasteiger partial charge is 0.504 e. The van der Waals surface area contributed by atoms with Crippen LogP contribution < -0.4 is 0 Å². The van der Waals surface area contributed by atoms with E-state index in [1.54, 1.807) is 24.3 Å². The van der Waals surface area contributed by atoms with E-state index in [2.05, 4.69) is 0 Å². The smallest absolute Gasteiger partial charge is 0.165 e. The van der Waals surface area contributed by atoms with Crippen molar-refractivity contribution < 1.29 is 15.3 Å². The number of rotatable bonds is 1. The van der Waals surface area contributed by atoms with E-state index in [-0.39, 0.29) is 18.1 Å². The van der Waals surface area contributed by atoms with Gasteiger partial charge in [-0.25, -0.2) is 0 Å². The van der Waals surface area contributed by atoms with Crippen molar-refractivity contribution in [1.82, 2.24) is 0 Å². The van der Waals surface area contributed by atoms with Crippen molar-refractivity contribution in [2.24, 2.45) is 0 Å². The summed E-state index contributed by atoms with van der Waals surface area (Å²) >= 11 is 0. The topological polar surface area (TPSA) is 60.7 Å². The number of hydrogen-bond donors (Lipinski definition) is 3. The Morgan fingerprint density at radius 1 is 1.00 bits per heavy atom. The van der Waals surface area contributed by atoms with Crippen molar-refractivity contribution in [2.75, 3.05) is 0 Å². The Hall–Kier alpha value is -1.74. The van der Waals surface area contributed by atoms with E-state index < -0.39 is 0 Å². The Morgan fingerprint density at radius 3 is 2.43 bits per heavy atom. The summed E-state index contributed by atoms with van der Waals surface area (Å²) in [6.45, 7) is -0.0783. The van der Waals surface area contributed by atoms with Crippen LogP contribution in [0.5, 0.6) is 11.5 Å². The van der Waals surface area contributed by atoms with Gasteiger partial charge in [0.1, 0.15) is 0 Å². The Labute approximate surface area is 80.9 Å². The molecule has 2 aromatic carbocycles. The highest BCUT2D eigenvalue weighted by molar-refractivity contribution is 5.90. The van der Waals surface area contributed by atoms with Gasteiger partial charge in [-0.2, -0.15) is 0 Å². The zero-order valence-electron chi connectivity index (χ0n) is 7.44. The van der Waals surface area contributed by atoms with Crippen molar-refractivity contribution >= 4 is 10.8 Å².